The van der Waals surface area contributed by atoms with Gasteiger partial charge in [-0.25, -0.2) is 0 Å². The maximum absolute atomic E-state index is 12.2. The van der Waals surface area contributed by atoms with E-state index < -0.39 is 17.5 Å². The minimum Gasteiger partial charge on any atom is -0.481 e. The van der Waals surface area contributed by atoms with Crippen LogP contribution < -0.4 is 0 Å². The number of fused-ring (bicyclic) bond motifs is 6. The molecule has 1 aromatic heterocycles. The molecule has 1 saturated carbocycles. The van der Waals surface area contributed by atoms with Gasteiger partial charge in [0.05, 0.1) is 22.1 Å². The quantitative estimate of drug-likeness (QED) is 0.538. The van der Waals surface area contributed by atoms with Crippen molar-refractivity contribution >= 4 is 39.4 Å². The van der Waals surface area contributed by atoms with Crippen molar-refractivity contribution in [1.82, 2.24) is 4.98 Å². The van der Waals surface area contributed by atoms with Crippen molar-refractivity contribution in [3.8, 4) is 0 Å². The van der Waals surface area contributed by atoms with E-state index in [1.165, 1.54) is 0 Å². The molecule has 3 aromatic rings. The molecule has 0 aliphatic heterocycles. The second-order valence-electron chi connectivity index (χ2n) is 8.96. The largest absolute Gasteiger partial charge is 0.481 e. The van der Waals surface area contributed by atoms with Crippen LogP contribution >= 0.6 is 11.6 Å². The second-order valence-corrected chi connectivity index (χ2v) is 9.34. The number of hydrogen-bond donors (Lipinski definition) is 3. The third kappa shape index (κ3) is 2.08. The van der Waals surface area contributed by atoms with Gasteiger partial charge < -0.3 is 15.2 Å². The lowest BCUT2D eigenvalue weighted by atomic mass is 9.49. The van der Waals surface area contributed by atoms with Crippen molar-refractivity contribution in [2.24, 2.45) is 11.3 Å². The third-order valence-corrected chi connectivity index (χ3v) is 8.14. The van der Waals surface area contributed by atoms with Gasteiger partial charge in [-0.1, -0.05) is 36.7 Å². The van der Waals surface area contributed by atoms with Crippen molar-refractivity contribution in [3.63, 3.8) is 0 Å². The number of H-pyrrole nitrogens is 1. The number of benzene rings is 2. The summed E-state index contributed by atoms with van der Waals surface area (Å²) in [5.41, 5.74) is 2.83. The van der Waals surface area contributed by atoms with Crippen molar-refractivity contribution in [2.45, 2.75) is 51.0 Å². The van der Waals surface area contributed by atoms with E-state index in [9.17, 15) is 15.0 Å². The average molecular weight is 398 g/mol. The normalized spacial score (nSPS) is 32.3. The summed E-state index contributed by atoms with van der Waals surface area (Å²) in [6, 6.07) is 10.4. The first-order valence-electron chi connectivity index (χ1n) is 9.92. The van der Waals surface area contributed by atoms with Gasteiger partial charge in [0, 0.05) is 16.3 Å². The van der Waals surface area contributed by atoms with Crippen LogP contribution in [0, 0.1) is 11.3 Å². The molecule has 0 saturated heterocycles. The van der Waals surface area contributed by atoms with E-state index in [-0.39, 0.29) is 11.3 Å². The Kier molecular flexibility index (Phi) is 3.69. The van der Waals surface area contributed by atoms with Gasteiger partial charge >= 0.3 is 5.97 Å². The minimum atomic E-state index is -1.15. The van der Waals surface area contributed by atoms with Crippen molar-refractivity contribution < 1.29 is 15.0 Å². The average Bonchev–Trinajstić information content (AvgIpc) is 3.05. The summed E-state index contributed by atoms with van der Waals surface area (Å²) in [4.78, 5) is 15.7. The molecule has 0 radical (unpaired) electrons. The van der Waals surface area contributed by atoms with Crippen LogP contribution in [0.5, 0.6) is 0 Å². The number of hydrogen-bond acceptors (Lipinski definition) is 2. The number of halogens is 1. The Bertz CT molecular complexity index is 1140. The summed E-state index contributed by atoms with van der Waals surface area (Å²) in [5.74, 6) is -1.04. The number of carboxylic acids is 1. The fourth-order valence-electron chi connectivity index (χ4n) is 6.07. The Morgan fingerprint density at radius 1 is 1.21 bits per heavy atom. The van der Waals surface area contributed by atoms with Crippen molar-refractivity contribution in [1.29, 1.82) is 0 Å². The van der Waals surface area contributed by atoms with E-state index in [0.717, 1.165) is 57.2 Å². The zero-order valence-corrected chi connectivity index (χ0v) is 16.8. The highest BCUT2D eigenvalue weighted by molar-refractivity contribution is 6.37. The number of carbonyl (C=O) groups is 1. The number of aliphatic carboxylic acids is 1. The number of carboxylic acid groups (broad SMARTS) is 1. The summed E-state index contributed by atoms with van der Waals surface area (Å²) in [6.07, 6.45) is 1.87. The molecule has 3 N–H and O–H groups in total. The summed E-state index contributed by atoms with van der Waals surface area (Å²) in [6.45, 7) is 3.89. The first-order valence-corrected chi connectivity index (χ1v) is 10.3. The monoisotopic (exact) mass is 397 g/mol. The van der Waals surface area contributed by atoms with E-state index in [4.69, 9.17) is 11.6 Å². The van der Waals surface area contributed by atoms with Crippen LogP contribution in [0.2, 0.25) is 5.02 Å². The van der Waals surface area contributed by atoms with Crippen molar-refractivity contribution in [2.75, 3.05) is 0 Å². The number of aliphatic hydroxyl groups is 1. The Labute approximate surface area is 168 Å². The lowest BCUT2D eigenvalue weighted by Crippen LogP contribution is -2.58. The lowest BCUT2D eigenvalue weighted by Gasteiger charge is -2.55. The van der Waals surface area contributed by atoms with Gasteiger partial charge in [-0.05, 0) is 67.2 Å². The molecule has 4 nitrogen and oxygen atoms in total. The molecule has 28 heavy (non-hydrogen) atoms. The SMILES string of the molecule is C[C@@]1(C(=O)O)[C@@H](O)CC[C@]2(C)c3cc4c([nH]c5ccccc54)c(Cl)c3CC[C@@H]12. The smallest absolute Gasteiger partial charge is 0.312 e. The van der Waals surface area contributed by atoms with E-state index in [1.807, 2.05) is 18.2 Å². The van der Waals surface area contributed by atoms with E-state index >= 15 is 0 Å². The fraction of sp³-hybridized carbons (Fsp3) is 0.435. The molecule has 5 rings (SSSR count). The van der Waals surface area contributed by atoms with Crippen LogP contribution in [0.3, 0.4) is 0 Å². The number of para-hydroxylation sites is 1. The van der Waals surface area contributed by atoms with Gasteiger partial charge in [0.2, 0.25) is 0 Å². The highest BCUT2D eigenvalue weighted by atomic mass is 35.5. The van der Waals surface area contributed by atoms with Gasteiger partial charge in [0.25, 0.3) is 0 Å². The van der Waals surface area contributed by atoms with Gasteiger partial charge in [-0.3, -0.25) is 4.79 Å². The first-order chi connectivity index (χ1) is 13.3. The summed E-state index contributed by atoms with van der Waals surface area (Å²) < 4.78 is 0. The van der Waals surface area contributed by atoms with Gasteiger partial charge in [-0.15, -0.1) is 0 Å². The molecule has 4 atom stereocenters. The molecule has 1 fully saturated rings. The van der Waals surface area contributed by atoms with Gasteiger partial charge in [0.15, 0.2) is 0 Å². The molecule has 2 aliphatic rings. The molecule has 2 aliphatic carbocycles. The topological polar surface area (TPSA) is 73.3 Å². The zero-order valence-electron chi connectivity index (χ0n) is 16.1. The Morgan fingerprint density at radius 2 is 1.96 bits per heavy atom. The minimum absolute atomic E-state index is 0.132. The van der Waals surface area contributed by atoms with E-state index in [1.54, 1.807) is 6.92 Å². The summed E-state index contributed by atoms with van der Waals surface area (Å²) in [7, 11) is 0. The van der Waals surface area contributed by atoms with Crippen LogP contribution in [-0.2, 0) is 16.6 Å². The van der Waals surface area contributed by atoms with E-state index in [0.29, 0.717) is 6.42 Å². The standard InChI is InChI=1S/C23H24ClNO3/c1-22-10-9-18(26)23(2,21(27)28)17(22)8-7-13-15(22)11-14-12-5-3-4-6-16(12)25-20(14)19(13)24/h3-6,11,17-18,25-26H,7-10H2,1-2H3,(H,27,28)/t17-,18+,22-,23+/m1/s1. The van der Waals surface area contributed by atoms with Crippen LogP contribution in [-0.4, -0.2) is 27.3 Å². The maximum atomic E-state index is 12.2. The molecule has 1 heterocycles. The predicted octanol–water partition coefficient (Wildman–Crippen LogP) is 5.04. The predicted molar refractivity (Wildman–Crippen MR) is 111 cm³/mol. The highest BCUT2D eigenvalue weighted by Gasteiger charge is 2.59. The summed E-state index contributed by atoms with van der Waals surface area (Å²) in [5, 5.41) is 23.6. The molecule has 5 heteroatoms. The molecule has 0 amide bonds. The molecule has 0 spiro atoms. The fourth-order valence-corrected chi connectivity index (χ4v) is 6.41. The van der Waals surface area contributed by atoms with Crippen LogP contribution in [0.15, 0.2) is 30.3 Å². The molecule has 146 valence electrons. The Balaban J connectivity index is 1.79. The highest BCUT2D eigenvalue weighted by Crippen LogP contribution is 2.58. The van der Waals surface area contributed by atoms with Crippen molar-refractivity contribution in [3.05, 3.63) is 46.5 Å². The van der Waals surface area contributed by atoms with Crippen LogP contribution in [0.4, 0.5) is 0 Å². The number of rotatable bonds is 1. The molecular weight excluding hydrogens is 374 g/mol. The second kappa shape index (κ2) is 5.74. The lowest BCUT2D eigenvalue weighted by molar-refractivity contribution is -0.171. The van der Waals surface area contributed by atoms with Crippen LogP contribution in [0.25, 0.3) is 21.8 Å². The molecular formula is C23H24ClNO3. The van der Waals surface area contributed by atoms with Gasteiger partial charge in [-0.2, -0.15) is 0 Å². The summed E-state index contributed by atoms with van der Waals surface area (Å²) >= 11 is 6.89. The first kappa shape index (κ1) is 18.0. The number of nitrogens with one attached hydrogen (secondary N) is 1. The number of aliphatic hydroxyl groups excluding tert-OH is 1. The van der Waals surface area contributed by atoms with Crippen LogP contribution in [0.1, 0.15) is 44.2 Å². The van der Waals surface area contributed by atoms with E-state index in [2.05, 4.69) is 24.0 Å². The Hall–Kier alpha value is -2.04. The van der Waals surface area contributed by atoms with Gasteiger partial charge in [0.1, 0.15) is 0 Å². The number of aromatic amines is 1. The third-order valence-electron chi connectivity index (χ3n) is 7.73. The molecule has 2 aromatic carbocycles. The Morgan fingerprint density at radius 3 is 2.71 bits per heavy atom. The maximum Gasteiger partial charge on any atom is 0.312 e. The molecule has 0 bridgehead atoms. The zero-order chi connectivity index (χ0) is 19.8. The molecule has 0 unspecified atom stereocenters. The number of aromatic nitrogens is 1.